The SMILES string of the molecule is Cc1cnc[nH]1.[Na+]. The van der Waals surface area contributed by atoms with Crippen molar-refractivity contribution >= 4 is 0 Å². The summed E-state index contributed by atoms with van der Waals surface area (Å²) in [6.45, 7) is 1.97. The van der Waals surface area contributed by atoms with Gasteiger partial charge in [-0.1, -0.05) is 0 Å². The van der Waals surface area contributed by atoms with E-state index < -0.39 is 0 Å². The van der Waals surface area contributed by atoms with Crippen LogP contribution in [0.1, 0.15) is 5.69 Å². The maximum atomic E-state index is 3.77. The molecule has 0 radical (unpaired) electrons. The number of nitrogens with zero attached hydrogens (tertiary/aromatic N) is 1. The second-order valence-electron chi connectivity index (χ2n) is 1.23. The number of aryl methyl sites for hydroxylation is 1. The van der Waals surface area contributed by atoms with Crippen LogP contribution in [-0.2, 0) is 0 Å². The fourth-order valence-corrected chi connectivity index (χ4v) is 0.325. The van der Waals surface area contributed by atoms with Crippen molar-refractivity contribution in [3.8, 4) is 0 Å². The number of H-pyrrole nitrogens is 1. The summed E-state index contributed by atoms with van der Waals surface area (Å²) < 4.78 is 0. The molecule has 32 valence electrons. The first-order chi connectivity index (χ1) is 2.89. The molecule has 1 heterocycles. The Morgan fingerprint density at radius 1 is 1.71 bits per heavy atom. The molecule has 0 saturated heterocycles. The van der Waals surface area contributed by atoms with Crippen LogP contribution in [0.15, 0.2) is 12.5 Å². The summed E-state index contributed by atoms with van der Waals surface area (Å²) in [5.74, 6) is 0. The molecule has 0 aliphatic rings. The zero-order chi connectivity index (χ0) is 4.41. The Labute approximate surface area is 64.6 Å². The molecule has 7 heavy (non-hydrogen) atoms. The van der Waals surface area contributed by atoms with Crippen molar-refractivity contribution in [2.24, 2.45) is 0 Å². The van der Waals surface area contributed by atoms with Crippen LogP contribution >= 0.6 is 0 Å². The van der Waals surface area contributed by atoms with Gasteiger partial charge in [-0.2, -0.15) is 0 Å². The monoisotopic (exact) mass is 105 g/mol. The maximum absolute atomic E-state index is 3.77. The largest absolute Gasteiger partial charge is 1.00 e. The molecule has 0 unspecified atom stereocenters. The van der Waals surface area contributed by atoms with Crippen LogP contribution in [0.5, 0.6) is 0 Å². The van der Waals surface area contributed by atoms with Crippen LogP contribution in [0, 0.1) is 6.92 Å². The third kappa shape index (κ3) is 2.12. The second-order valence-corrected chi connectivity index (χ2v) is 1.23. The van der Waals surface area contributed by atoms with E-state index in [2.05, 4.69) is 9.97 Å². The summed E-state index contributed by atoms with van der Waals surface area (Å²) in [7, 11) is 0. The molecule has 0 aliphatic carbocycles. The van der Waals surface area contributed by atoms with E-state index >= 15 is 0 Å². The van der Waals surface area contributed by atoms with Crippen molar-refractivity contribution in [3.05, 3.63) is 18.2 Å². The van der Waals surface area contributed by atoms with Gasteiger partial charge in [-0.05, 0) is 6.92 Å². The number of rotatable bonds is 0. The summed E-state index contributed by atoms with van der Waals surface area (Å²) in [6, 6.07) is 0. The molecule has 0 aliphatic heterocycles. The van der Waals surface area contributed by atoms with Crippen molar-refractivity contribution in [1.29, 1.82) is 0 Å². The molecule has 0 bridgehead atoms. The van der Waals surface area contributed by atoms with Crippen LogP contribution in [-0.4, -0.2) is 9.97 Å². The zero-order valence-electron chi connectivity index (χ0n) is 4.60. The molecule has 0 aromatic carbocycles. The zero-order valence-corrected chi connectivity index (χ0v) is 6.60. The normalized spacial score (nSPS) is 7.57. The van der Waals surface area contributed by atoms with Gasteiger partial charge in [-0.15, -0.1) is 0 Å². The van der Waals surface area contributed by atoms with Gasteiger partial charge in [0.25, 0.3) is 0 Å². The van der Waals surface area contributed by atoms with Crippen LogP contribution in [0.25, 0.3) is 0 Å². The molecule has 0 amide bonds. The minimum absolute atomic E-state index is 0. The minimum atomic E-state index is 0. The number of hydrogen-bond donors (Lipinski definition) is 1. The molecule has 1 aromatic rings. The maximum Gasteiger partial charge on any atom is 1.00 e. The van der Waals surface area contributed by atoms with E-state index in [1.807, 2.05) is 6.92 Å². The molecule has 1 aromatic heterocycles. The third-order valence-electron chi connectivity index (χ3n) is 0.635. The molecular weight excluding hydrogens is 99.0 g/mol. The van der Waals surface area contributed by atoms with Gasteiger partial charge in [0.05, 0.1) is 6.33 Å². The predicted molar refractivity (Wildman–Crippen MR) is 23.3 cm³/mol. The number of aromatic nitrogens is 2. The van der Waals surface area contributed by atoms with Gasteiger partial charge in [-0.3, -0.25) is 0 Å². The quantitative estimate of drug-likeness (QED) is 0.370. The summed E-state index contributed by atoms with van der Waals surface area (Å²) in [5, 5.41) is 0. The molecular formula is C4H6N2Na+. The molecule has 1 rings (SSSR count). The topological polar surface area (TPSA) is 28.7 Å². The van der Waals surface area contributed by atoms with E-state index in [9.17, 15) is 0 Å². The average Bonchev–Trinajstić information content (AvgIpc) is 1.86. The Kier molecular flexibility index (Phi) is 3.34. The summed E-state index contributed by atoms with van der Waals surface area (Å²) >= 11 is 0. The Morgan fingerprint density at radius 2 is 2.43 bits per heavy atom. The molecule has 0 saturated carbocycles. The van der Waals surface area contributed by atoms with Crippen molar-refractivity contribution in [2.45, 2.75) is 6.92 Å². The number of imidazole rings is 1. The number of aromatic amines is 1. The van der Waals surface area contributed by atoms with Crippen molar-refractivity contribution in [1.82, 2.24) is 9.97 Å². The van der Waals surface area contributed by atoms with Crippen LogP contribution < -0.4 is 29.6 Å². The van der Waals surface area contributed by atoms with Gasteiger partial charge in [0.1, 0.15) is 0 Å². The van der Waals surface area contributed by atoms with E-state index in [0.717, 1.165) is 5.69 Å². The van der Waals surface area contributed by atoms with E-state index in [0.29, 0.717) is 0 Å². The Morgan fingerprint density at radius 3 is 2.57 bits per heavy atom. The second kappa shape index (κ2) is 3.24. The Hall–Kier alpha value is 0.210. The molecule has 0 spiro atoms. The Balaban J connectivity index is 0.000000360. The van der Waals surface area contributed by atoms with Gasteiger partial charge in [0.2, 0.25) is 0 Å². The van der Waals surface area contributed by atoms with E-state index in [4.69, 9.17) is 0 Å². The van der Waals surface area contributed by atoms with Gasteiger partial charge in [-0.25, -0.2) is 4.98 Å². The number of hydrogen-bond acceptors (Lipinski definition) is 1. The number of nitrogens with one attached hydrogen (secondary N) is 1. The first-order valence-corrected chi connectivity index (χ1v) is 1.84. The van der Waals surface area contributed by atoms with Gasteiger partial charge >= 0.3 is 29.6 Å². The summed E-state index contributed by atoms with van der Waals surface area (Å²) in [5.41, 5.74) is 1.11. The molecule has 0 fully saturated rings. The standard InChI is InChI=1S/C4H6N2.Na/c1-4-2-5-3-6-4;/h2-3H,1H3,(H,5,6);/q;+1. The van der Waals surface area contributed by atoms with E-state index in [-0.39, 0.29) is 29.6 Å². The van der Waals surface area contributed by atoms with E-state index in [1.165, 1.54) is 0 Å². The molecule has 0 atom stereocenters. The minimum Gasteiger partial charge on any atom is -0.349 e. The van der Waals surface area contributed by atoms with Crippen molar-refractivity contribution < 1.29 is 29.6 Å². The van der Waals surface area contributed by atoms with Crippen LogP contribution in [0.2, 0.25) is 0 Å². The Bertz CT molecular complexity index is 113. The summed E-state index contributed by atoms with van der Waals surface area (Å²) in [6.07, 6.45) is 3.44. The molecule has 2 nitrogen and oxygen atoms in total. The van der Waals surface area contributed by atoms with Gasteiger partial charge in [0.15, 0.2) is 0 Å². The van der Waals surface area contributed by atoms with Crippen molar-refractivity contribution in [2.75, 3.05) is 0 Å². The first-order valence-electron chi connectivity index (χ1n) is 1.84. The van der Waals surface area contributed by atoms with Crippen LogP contribution in [0.4, 0.5) is 0 Å². The fourth-order valence-electron chi connectivity index (χ4n) is 0.325. The average molecular weight is 105 g/mol. The van der Waals surface area contributed by atoms with Crippen molar-refractivity contribution in [3.63, 3.8) is 0 Å². The fraction of sp³-hybridized carbons (Fsp3) is 0.250. The van der Waals surface area contributed by atoms with Gasteiger partial charge < -0.3 is 4.98 Å². The smallest absolute Gasteiger partial charge is 0.349 e. The van der Waals surface area contributed by atoms with E-state index in [1.54, 1.807) is 12.5 Å². The first kappa shape index (κ1) is 7.21. The molecule has 3 heteroatoms. The summed E-state index contributed by atoms with van der Waals surface area (Å²) in [4.78, 5) is 6.66. The third-order valence-corrected chi connectivity index (χ3v) is 0.635. The van der Waals surface area contributed by atoms with Crippen LogP contribution in [0.3, 0.4) is 0 Å². The van der Waals surface area contributed by atoms with Gasteiger partial charge in [0, 0.05) is 11.9 Å². The predicted octanol–water partition coefficient (Wildman–Crippen LogP) is -2.28. The molecule has 1 N–H and O–H groups in total.